The summed E-state index contributed by atoms with van der Waals surface area (Å²) in [6.07, 6.45) is 0. The van der Waals surface area contributed by atoms with Crippen LogP contribution in [0, 0.1) is 15.9 Å². The molecule has 1 atom stereocenters. The second-order valence-electron chi connectivity index (χ2n) is 5.56. The van der Waals surface area contributed by atoms with Gasteiger partial charge in [-0.05, 0) is 23.3 Å². The zero-order valence-corrected chi connectivity index (χ0v) is 14.5. The van der Waals surface area contributed by atoms with Crippen molar-refractivity contribution in [2.24, 2.45) is 5.73 Å². The Hall–Kier alpha value is -2.85. The Morgan fingerprint density at radius 3 is 2.38 bits per heavy atom. The van der Waals surface area contributed by atoms with Crippen LogP contribution in [0.1, 0.15) is 17.2 Å². The highest BCUT2D eigenvalue weighted by Gasteiger charge is 2.32. The maximum Gasteiger partial charge on any atom is 0.269 e. The highest BCUT2D eigenvalue weighted by atomic mass is 32.2. The van der Waals surface area contributed by atoms with Crippen LogP contribution in [0.2, 0.25) is 0 Å². The van der Waals surface area contributed by atoms with Crippen molar-refractivity contribution in [2.45, 2.75) is 11.8 Å². The van der Waals surface area contributed by atoms with Crippen molar-refractivity contribution in [2.75, 3.05) is 7.05 Å². The number of benzene rings is 2. The van der Waals surface area contributed by atoms with E-state index in [2.05, 4.69) is 0 Å². The molecule has 0 saturated heterocycles. The number of likely N-dealkylation sites (N-methyl/N-ethyl adjacent to an activating group) is 1. The summed E-state index contributed by atoms with van der Waals surface area (Å²) < 4.78 is 39.4. The summed E-state index contributed by atoms with van der Waals surface area (Å²) in [5.41, 5.74) is 5.55. The van der Waals surface area contributed by atoms with Gasteiger partial charge < -0.3 is 5.73 Å². The molecule has 0 aliphatic carbocycles. The third-order valence-electron chi connectivity index (χ3n) is 3.73. The van der Waals surface area contributed by atoms with Crippen LogP contribution >= 0.6 is 0 Å². The maximum atomic E-state index is 13.4. The molecular formula is C16H16FN3O5S. The van der Waals surface area contributed by atoms with Gasteiger partial charge in [-0.1, -0.05) is 24.3 Å². The minimum atomic E-state index is -4.01. The molecule has 10 heteroatoms. The summed E-state index contributed by atoms with van der Waals surface area (Å²) in [5.74, 6) is -2.08. The van der Waals surface area contributed by atoms with Crippen molar-refractivity contribution < 1.29 is 22.5 Å². The molecule has 0 aromatic heterocycles. The number of halogens is 1. The molecule has 0 spiro atoms. The molecule has 0 aliphatic rings. The first kappa shape index (κ1) is 19.5. The Labute approximate surface area is 149 Å². The number of nitro benzene ring substituents is 1. The second-order valence-corrected chi connectivity index (χ2v) is 7.58. The molecule has 138 valence electrons. The van der Waals surface area contributed by atoms with Gasteiger partial charge in [-0.2, -0.15) is 4.31 Å². The van der Waals surface area contributed by atoms with Crippen molar-refractivity contribution in [3.05, 3.63) is 75.6 Å². The van der Waals surface area contributed by atoms with Crippen LogP contribution in [-0.2, 0) is 20.6 Å². The monoisotopic (exact) mass is 381 g/mol. The number of carbonyl (C=O) groups excluding carboxylic acids is 1. The number of carbonyl (C=O) groups is 1. The molecule has 2 aromatic rings. The molecule has 2 N–H and O–H groups in total. The normalized spacial score (nSPS) is 12.7. The van der Waals surface area contributed by atoms with Crippen LogP contribution in [0.15, 0.2) is 48.5 Å². The van der Waals surface area contributed by atoms with E-state index in [0.717, 1.165) is 16.4 Å². The summed E-state index contributed by atoms with van der Waals surface area (Å²) in [7, 11) is -2.84. The number of nitrogens with two attached hydrogens (primary N) is 1. The molecule has 1 amide bonds. The number of non-ortho nitro benzene ring substituents is 1. The third kappa shape index (κ3) is 4.41. The fourth-order valence-electron chi connectivity index (χ4n) is 2.42. The van der Waals surface area contributed by atoms with Crippen molar-refractivity contribution >= 4 is 21.6 Å². The molecule has 1 unspecified atom stereocenters. The van der Waals surface area contributed by atoms with Gasteiger partial charge in [0.05, 0.1) is 10.7 Å². The van der Waals surface area contributed by atoms with Crippen molar-refractivity contribution in [3.8, 4) is 0 Å². The quantitative estimate of drug-likeness (QED) is 0.578. The molecule has 0 aliphatic heterocycles. The molecule has 2 rings (SSSR count). The van der Waals surface area contributed by atoms with Crippen LogP contribution in [0.4, 0.5) is 10.1 Å². The van der Waals surface area contributed by atoms with E-state index in [0.29, 0.717) is 5.56 Å². The smallest absolute Gasteiger partial charge is 0.269 e. The number of nitrogens with zero attached hydrogens (tertiary/aromatic N) is 2. The van der Waals surface area contributed by atoms with Gasteiger partial charge in [0.2, 0.25) is 15.9 Å². The molecule has 0 radical (unpaired) electrons. The predicted octanol–water partition coefficient (Wildman–Crippen LogP) is 1.72. The van der Waals surface area contributed by atoms with Gasteiger partial charge in [-0.25, -0.2) is 12.8 Å². The first-order valence-corrected chi connectivity index (χ1v) is 8.96. The minimum Gasteiger partial charge on any atom is -0.368 e. The summed E-state index contributed by atoms with van der Waals surface area (Å²) in [4.78, 5) is 21.8. The lowest BCUT2D eigenvalue weighted by Gasteiger charge is -2.25. The Morgan fingerprint density at radius 1 is 1.27 bits per heavy atom. The molecule has 8 nitrogen and oxygen atoms in total. The van der Waals surface area contributed by atoms with E-state index in [4.69, 9.17) is 5.73 Å². The molecule has 0 fully saturated rings. The summed E-state index contributed by atoms with van der Waals surface area (Å²) in [6.45, 7) is 0. The van der Waals surface area contributed by atoms with E-state index in [9.17, 15) is 27.7 Å². The van der Waals surface area contributed by atoms with E-state index in [1.807, 2.05) is 0 Å². The molecule has 0 saturated carbocycles. The van der Waals surface area contributed by atoms with Crippen molar-refractivity contribution in [1.29, 1.82) is 0 Å². The first-order valence-electron chi connectivity index (χ1n) is 7.35. The van der Waals surface area contributed by atoms with Crippen LogP contribution in [-0.4, -0.2) is 30.6 Å². The van der Waals surface area contributed by atoms with E-state index in [-0.39, 0.29) is 11.3 Å². The van der Waals surface area contributed by atoms with Gasteiger partial charge >= 0.3 is 0 Å². The molecular weight excluding hydrogens is 365 g/mol. The summed E-state index contributed by atoms with van der Waals surface area (Å²) in [6, 6.07) is 8.55. The van der Waals surface area contributed by atoms with Crippen molar-refractivity contribution in [3.63, 3.8) is 0 Å². The Kier molecular flexibility index (Phi) is 5.68. The van der Waals surface area contributed by atoms with Crippen molar-refractivity contribution in [1.82, 2.24) is 4.31 Å². The number of hydrogen-bond donors (Lipinski definition) is 1. The largest absolute Gasteiger partial charge is 0.368 e. The average molecular weight is 381 g/mol. The third-order valence-corrected chi connectivity index (χ3v) is 5.52. The van der Waals surface area contributed by atoms with Crippen LogP contribution in [0.25, 0.3) is 0 Å². The number of nitro groups is 1. The Bertz CT molecular complexity index is 931. The van der Waals surface area contributed by atoms with Crippen LogP contribution in [0.3, 0.4) is 0 Å². The zero-order chi connectivity index (χ0) is 19.5. The average Bonchev–Trinajstić information content (AvgIpc) is 2.54. The van der Waals surface area contributed by atoms with Gasteiger partial charge in [-0.15, -0.1) is 0 Å². The van der Waals surface area contributed by atoms with Gasteiger partial charge in [0.25, 0.3) is 5.69 Å². The first-order chi connectivity index (χ1) is 12.1. The number of sulfonamides is 1. The van der Waals surface area contributed by atoms with E-state index in [1.165, 1.54) is 43.4 Å². The highest BCUT2D eigenvalue weighted by Crippen LogP contribution is 2.25. The van der Waals surface area contributed by atoms with Gasteiger partial charge in [-0.3, -0.25) is 14.9 Å². The fourth-order valence-corrected chi connectivity index (χ4v) is 3.78. The fraction of sp³-hybridized carbons (Fsp3) is 0.188. The summed E-state index contributed by atoms with van der Waals surface area (Å²) in [5, 5.41) is 10.7. The molecule has 0 bridgehead atoms. The predicted molar refractivity (Wildman–Crippen MR) is 91.8 cm³/mol. The lowest BCUT2D eigenvalue weighted by atomic mass is 10.1. The van der Waals surface area contributed by atoms with Crippen LogP contribution in [0.5, 0.6) is 0 Å². The summed E-state index contributed by atoms with van der Waals surface area (Å²) >= 11 is 0. The van der Waals surface area contributed by atoms with Gasteiger partial charge in [0.1, 0.15) is 11.9 Å². The van der Waals surface area contributed by atoms with E-state index >= 15 is 0 Å². The van der Waals surface area contributed by atoms with Crippen LogP contribution < -0.4 is 5.73 Å². The Morgan fingerprint density at radius 2 is 1.88 bits per heavy atom. The van der Waals surface area contributed by atoms with Gasteiger partial charge in [0.15, 0.2) is 0 Å². The SMILES string of the molecule is CN(C(C(N)=O)c1cccc(F)c1)S(=O)(=O)Cc1ccc([N+](=O)[O-])cc1. The standard InChI is InChI=1S/C16H16FN3O5S/c1-19(15(16(18)21)12-3-2-4-13(17)9-12)26(24,25)10-11-5-7-14(8-6-11)20(22)23/h2-9,15H,10H2,1H3,(H2,18,21). The Balaban J connectivity index is 2.30. The number of amides is 1. The van der Waals surface area contributed by atoms with Gasteiger partial charge in [0, 0.05) is 19.2 Å². The molecule has 0 heterocycles. The number of rotatable bonds is 7. The maximum absolute atomic E-state index is 13.4. The van der Waals surface area contributed by atoms with E-state index in [1.54, 1.807) is 0 Å². The highest BCUT2D eigenvalue weighted by molar-refractivity contribution is 7.88. The molecule has 2 aromatic carbocycles. The topological polar surface area (TPSA) is 124 Å². The minimum absolute atomic E-state index is 0.104. The number of primary amides is 1. The zero-order valence-electron chi connectivity index (χ0n) is 13.7. The lowest BCUT2D eigenvalue weighted by Crippen LogP contribution is -2.39. The number of hydrogen-bond acceptors (Lipinski definition) is 5. The van der Waals surface area contributed by atoms with E-state index < -0.39 is 38.5 Å². The second kappa shape index (κ2) is 7.58. The molecule has 26 heavy (non-hydrogen) atoms. The lowest BCUT2D eigenvalue weighted by molar-refractivity contribution is -0.384.